The maximum Gasteiger partial charge on any atom is 0.218 e. The molecule has 3 aromatic rings. The van der Waals surface area contributed by atoms with Gasteiger partial charge >= 0.3 is 0 Å². The number of hydrogen-bond donors (Lipinski definition) is 0. The number of piperazine rings is 2. The molecule has 5 rings (SSSR count). The molecule has 176 valence electrons. The predicted octanol–water partition coefficient (Wildman–Crippen LogP) is 2.80. The van der Waals surface area contributed by atoms with Gasteiger partial charge in [0.2, 0.25) is 10.3 Å². The minimum atomic E-state index is 0.904. The Morgan fingerprint density at radius 3 is 2.18 bits per heavy atom. The van der Waals surface area contributed by atoms with E-state index in [0.29, 0.717) is 0 Å². The predicted molar refractivity (Wildman–Crippen MR) is 134 cm³/mol. The molecule has 9 heteroatoms. The number of anilines is 2. The number of benzene rings is 1. The molecule has 0 unspecified atom stereocenters. The maximum absolute atomic E-state index is 5.28. The van der Waals surface area contributed by atoms with E-state index in [1.807, 2.05) is 12.1 Å². The van der Waals surface area contributed by atoms with Crippen LogP contribution in [0.15, 0.2) is 42.6 Å². The molecule has 0 bridgehead atoms. The smallest absolute Gasteiger partial charge is 0.218 e. The molecule has 2 fully saturated rings. The molecule has 0 radical (unpaired) electrons. The first-order chi connectivity index (χ1) is 16.2. The van der Waals surface area contributed by atoms with Crippen molar-refractivity contribution in [1.82, 2.24) is 24.6 Å². The van der Waals surface area contributed by atoms with Gasteiger partial charge in [0.25, 0.3) is 0 Å². The lowest BCUT2D eigenvalue weighted by Gasteiger charge is -2.36. The Morgan fingerprint density at radius 2 is 1.48 bits per heavy atom. The van der Waals surface area contributed by atoms with Gasteiger partial charge in [0.1, 0.15) is 5.75 Å². The lowest BCUT2D eigenvalue weighted by atomic mass is 10.2. The molecule has 0 aliphatic carbocycles. The second kappa shape index (κ2) is 10.1. The summed E-state index contributed by atoms with van der Waals surface area (Å²) in [5.41, 5.74) is 2.53. The molecule has 33 heavy (non-hydrogen) atoms. The normalized spacial score (nSPS) is 18.1. The topological polar surface area (TPSA) is 52.9 Å². The third-order valence-corrected chi connectivity index (χ3v) is 7.71. The van der Waals surface area contributed by atoms with Crippen LogP contribution in [0.1, 0.15) is 12.6 Å². The van der Waals surface area contributed by atoms with Crippen LogP contribution >= 0.6 is 11.3 Å². The first-order valence-corrected chi connectivity index (χ1v) is 12.6. The average Bonchev–Trinajstić information content (AvgIpc) is 3.54. The lowest BCUT2D eigenvalue weighted by Crippen LogP contribution is -2.46. The van der Waals surface area contributed by atoms with Gasteiger partial charge in [-0.15, -0.1) is 10.2 Å². The first kappa shape index (κ1) is 22.2. The van der Waals surface area contributed by atoms with Crippen LogP contribution in [0.5, 0.6) is 5.75 Å². The summed E-state index contributed by atoms with van der Waals surface area (Å²) in [7, 11) is 1.71. The highest BCUT2D eigenvalue weighted by Gasteiger charge is 2.22. The molecule has 0 saturated carbocycles. The van der Waals surface area contributed by atoms with E-state index in [1.54, 1.807) is 18.4 Å². The lowest BCUT2D eigenvalue weighted by molar-refractivity contribution is 0.246. The second-order valence-corrected chi connectivity index (χ2v) is 9.55. The third kappa shape index (κ3) is 5.00. The molecule has 2 aliphatic rings. The van der Waals surface area contributed by atoms with Crippen molar-refractivity contribution in [1.29, 1.82) is 0 Å². The van der Waals surface area contributed by atoms with Gasteiger partial charge in [-0.25, -0.2) is 0 Å². The monoisotopic (exact) mass is 467 g/mol. The summed E-state index contributed by atoms with van der Waals surface area (Å²) in [6.07, 6.45) is 2.11. The Hall–Kier alpha value is -2.62. The van der Waals surface area contributed by atoms with E-state index in [0.717, 1.165) is 81.5 Å². The van der Waals surface area contributed by atoms with Crippen LogP contribution < -0.4 is 14.5 Å². The second-order valence-electron chi connectivity index (χ2n) is 8.62. The Kier molecular flexibility index (Phi) is 6.80. The highest BCUT2D eigenvalue weighted by atomic mass is 32.1. The highest BCUT2D eigenvalue weighted by Crippen LogP contribution is 2.26. The molecule has 4 heterocycles. The molecule has 2 saturated heterocycles. The van der Waals surface area contributed by atoms with Crippen molar-refractivity contribution in [3.8, 4) is 10.9 Å². The van der Waals surface area contributed by atoms with Crippen molar-refractivity contribution < 1.29 is 4.74 Å². The summed E-state index contributed by atoms with van der Waals surface area (Å²) in [6, 6.07) is 12.7. The van der Waals surface area contributed by atoms with Crippen molar-refractivity contribution in [3.63, 3.8) is 0 Å². The molecular weight excluding hydrogens is 434 g/mol. The Labute approximate surface area is 200 Å². The third-order valence-electron chi connectivity index (χ3n) is 6.73. The zero-order chi connectivity index (χ0) is 22.6. The maximum atomic E-state index is 5.28. The van der Waals surface area contributed by atoms with Gasteiger partial charge in [-0.1, -0.05) is 18.3 Å². The van der Waals surface area contributed by atoms with Crippen LogP contribution in [-0.2, 0) is 6.54 Å². The quantitative estimate of drug-likeness (QED) is 0.530. The van der Waals surface area contributed by atoms with Crippen LogP contribution in [-0.4, -0.2) is 90.6 Å². The molecule has 0 amide bonds. The molecule has 2 aromatic heterocycles. The standard InChI is InChI=1S/C24H33N7OS/c1-3-27-11-17-30(18-12-27)23-25-26-24(33-23)31-10-4-5-21(31)19-28-13-15-29(16-14-28)20-6-8-22(32-2)9-7-20/h4-10H,3,11-19H2,1-2H3. The number of nitrogens with zero attached hydrogens (tertiary/aromatic N) is 7. The highest BCUT2D eigenvalue weighted by molar-refractivity contribution is 7.17. The van der Waals surface area contributed by atoms with E-state index in [9.17, 15) is 0 Å². The van der Waals surface area contributed by atoms with E-state index in [-0.39, 0.29) is 0 Å². The molecular formula is C24H33N7OS. The van der Waals surface area contributed by atoms with Gasteiger partial charge in [0, 0.05) is 76.5 Å². The van der Waals surface area contributed by atoms with E-state index in [1.165, 1.54) is 11.4 Å². The van der Waals surface area contributed by atoms with Gasteiger partial charge in [0.05, 0.1) is 7.11 Å². The minimum Gasteiger partial charge on any atom is -0.497 e. The number of methoxy groups -OCH3 is 1. The van der Waals surface area contributed by atoms with Gasteiger partial charge < -0.3 is 19.4 Å². The largest absolute Gasteiger partial charge is 0.497 e. The zero-order valence-corrected chi connectivity index (χ0v) is 20.4. The van der Waals surface area contributed by atoms with E-state index in [2.05, 4.69) is 71.8 Å². The van der Waals surface area contributed by atoms with Crippen molar-refractivity contribution in [3.05, 3.63) is 48.3 Å². The van der Waals surface area contributed by atoms with Crippen LogP contribution in [0.4, 0.5) is 10.8 Å². The molecule has 8 nitrogen and oxygen atoms in total. The summed E-state index contributed by atoms with van der Waals surface area (Å²) >= 11 is 1.69. The molecule has 2 aliphatic heterocycles. The molecule has 0 spiro atoms. The fourth-order valence-electron chi connectivity index (χ4n) is 4.61. The fourth-order valence-corrected chi connectivity index (χ4v) is 5.52. The molecule has 0 atom stereocenters. The van der Waals surface area contributed by atoms with Gasteiger partial charge in [-0.3, -0.25) is 9.47 Å². The van der Waals surface area contributed by atoms with Crippen LogP contribution in [0.3, 0.4) is 0 Å². The summed E-state index contributed by atoms with van der Waals surface area (Å²) in [5, 5.41) is 11.0. The molecule has 0 N–H and O–H groups in total. The Bertz CT molecular complexity index is 1020. The van der Waals surface area contributed by atoms with Crippen molar-refractivity contribution >= 4 is 22.2 Å². The SMILES string of the molecule is CCN1CCN(c2nnc(-n3cccc3CN3CCN(c4ccc(OC)cc4)CC3)s2)CC1. The van der Waals surface area contributed by atoms with E-state index < -0.39 is 0 Å². The van der Waals surface area contributed by atoms with Crippen LogP contribution in [0.2, 0.25) is 0 Å². The number of ether oxygens (including phenoxy) is 1. The summed E-state index contributed by atoms with van der Waals surface area (Å²) in [4.78, 5) is 9.83. The summed E-state index contributed by atoms with van der Waals surface area (Å²) < 4.78 is 7.49. The van der Waals surface area contributed by atoms with Crippen LogP contribution in [0, 0.1) is 0 Å². The molecule has 1 aromatic carbocycles. The van der Waals surface area contributed by atoms with E-state index >= 15 is 0 Å². The number of likely N-dealkylation sites (N-methyl/N-ethyl adjacent to an activating group) is 1. The number of hydrogen-bond acceptors (Lipinski definition) is 8. The van der Waals surface area contributed by atoms with Gasteiger partial charge in [-0.05, 0) is 42.9 Å². The van der Waals surface area contributed by atoms with Crippen molar-refractivity contribution in [2.24, 2.45) is 0 Å². The fraction of sp³-hybridized carbons (Fsp3) is 0.500. The summed E-state index contributed by atoms with van der Waals surface area (Å²) in [6.45, 7) is 12.7. The Morgan fingerprint density at radius 1 is 0.818 bits per heavy atom. The minimum absolute atomic E-state index is 0.904. The Balaban J connectivity index is 1.18. The van der Waals surface area contributed by atoms with Gasteiger partial charge in [-0.2, -0.15) is 0 Å². The average molecular weight is 468 g/mol. The van der Waals surface area contributed by atoms with Crippen molar-refractivity contribution in [2.45, 2.75) is 13.5 Å². The number of rotatable bonds is 7. The summed E-state index contributed by atoms with van der Waals surface area (Å²) in [5.74, 6) is 0.904. The van der Waals surface area contributed by atoms with E-state index in [4.69, 9.17) is 4.74 Å². The van der Waals surface area contributed by atoms with Crippen LogP contribution in [0.25, 0.3) is 5.13 Å². The first-order valence-electron chi connectivity index (χ1n) is 11.8. The number of aromatic nitrogens is 3. The zero-order valence-electron chi connectivity index (χ0n) is 19.6. The van der Waals surface area contributed by atoms with Crippen molar-refractivity contribution in [2.75, 3.05) is 75.8 Å². The van der Waals surface area contributed by atoms with Gasteiger partial charge in [0.15, 0.2) is 0 Å².